The van der Waals surface area contributed by atoms with Gasteiger partial charge in [0.2, 0.25) is 0 Å². The molecule has 1 spiro atoms. The molecule has 6 nitrogen and oxygen atoms in total. The van der Waals surface area contributed by atoms with E-state index in [0.29, 0.717) is 25.7 Å². The monoisotopic (exact) mass is 519 g/mol. The molecule has 0 aromatic heterocycles. The van der Waals surface area contributed by atoms with E-state index in [2.05, 4.69) is 26.8 Å². The van der Waals surface area contributed by atoms with Crippen molar-refractivity contribution in [3.05, 3.63) is 23.3 Å². The molecule has 38 heavy (non-hydrogen) atoms. The topological polar surface area (TPSA) is 104 Å². The molecule has 0 aromatic rings. The molecule has 6 heteroatoms. The van der Waals surface area contributed by atoms with Crippen LogP contribution in [0.2, 0.25) is 0 Å². The largest absolute Gasteiger partial charge is 0.469 e. The van der Waals surface area contributed by atoms with Crippen molar-refractivity contribution in [3.63, 3.8) is 0 Å². The number of Topliss-reactive ketones (excluding diaryl/α,β-unsaturated/α-hetero) is 1. The molecule has 0 heterocycles. The number of methoxy groups -OCH3 is 1. The van der Waals surface area contributed by atoms with Gasteiger partial charge in [0.25, 0.3) is 0 Å². The van der Waals surface area contributed by atoms with E-state index in [9.17, 15) is 24.8 Å². The molecule has 0 unspecified atom stereocenters. The predicted octanol–water partition coefficient (Wildman–Crippen LogP) is 5.25. The molecule has 4 fully saturated rings. The highest BCUT2D eigenvalue weighted by molar-refractivity contribution is 6.05. The van der Waals surface area contributed by atoms with E-state index in [1.165, 1.54) is 7.11 Å². The summed E-state index contributed by atoms with van der Waals surface area (Å²) in [7, 11) is 1.42. The number of hydrogen-bond donors (Lipinski definition) is 1. The van der Waals surface area contributed by atoms with Crippen LogP contribution in [0.1, 0.15) is 92.4 Å². The highest BCUT2D eigenvalue weighted by atomic mass is 16.5. The number of esters is 1. The van der Waals surface area contributed by atoms with Gasteiger partial charge in [0.15, 0.2) is 11.6 Å². The fourth-order valence-electron chi connectivity index (χ4n) is 10.6. The molecule has 0 amide bonds. The fraction of sp³-hybridized carbons (Fsp3) is 0.750. The minimum atomic E-state index is -1.68. The average Bonchev–Trinajstić information content (AvgIpc) is 3.64. The van der Waals surface area contributed by atoms with Crippen LogP contribution in [-0.2, 0) is 19.1 Å². The van der Waals surface area contributed by atoms with Crippen molar-refractivity contribution >= 4 is 17.5 Å². The zero-order valence-electron chi connectivity index (χ0n) is 23.7. The molecule has 204 valence electrons. The second-order valence-corrected chi connectivity index (χ2v) is 14.9. The summed E-state index contributed by atoms with van der Waals surface area (Å²) in [4.78, 5) is 41.1. The molecule has 6 aliphatic rings. The van der Waals surface area contributed by atoms with E-state index in [-0.39, 0.29) is 34.4 Å². The molecule has 0 saturated heterocycles. The Bertz CT molecular complexity index is 1280. The van der Waals surface area contributed by atoms with Crippen LogP contribution >= 0.6 is 0 Å². The first-order valence-electron chi connectivity index (χ1n) is 14.4. The minimum absolute atomic E-state index is 0.0521. The second-order valence-electron chi connectivity index (χ2n) is 14.9. The quantitative estimate of drug-likeness (QED) is 0.475. The van der Waals surface area contributed by atoms with Crippen LogP contribution in [-0.4, -0.2) is 35.4 Å². The Kier molecular flexibility index (Phi) is 4.97. The van der Waals surface area contributed by atoms with Crippen LogP contribution in [0.4, 0.5) is 0 Å². The van der Waals surface area contributed by atoms with Crippen molar-refractivity contribution < 1.29 is 24.2 Å². The average molecular weight is 520 g/mol. The van der Waals surface area contributed by atoms with Gasteiger partial charge >= 0.3 is 5.97 Å². The number of fused-ring (bicyclic) bond motifs is 7. The van der Waals surface area contributed by atoms with Crippen molar-refractivity contribution in [2.75, 3.05) is 7.11 Å². The Morgan fingerprint density at radius 3 is 2.24 bits per heavy atom. The molecule has 6 aliphatic carbocycles. The van der Waals surface area contributed by atoms with Crippen molar-refractivity contribution in [1.29, 1.82) is 5.26 Å². The van der Waals surface area contributed by atoms with E-state index >= 15 is 0 Å². The maximum absolute atomic E-state index is 14.5. The normalized spacial score (nSPS) is 47.8. The number of carbonyl (C=O) groups excluding carboxylic acids is 3. The summed E-state index contributed by atoms with van der Waals surface area (Å²) in [5.74, 6) is -1.27. The van der Waals surface area contributed by atoms with Crippen LogP contribution in [0, 0.1) is 55.7 Å². The van der Waals surface area contributed by atoms with E-state index < -0.39 is 38.6 Å². The first kappa shape index (κ1) is 26.0. The lowest BCUT2D eigenvalue weighted by Gasteiger charge is -2.71. The molecular weight excluding hydrogens is 478 g/mol. The Labute approximate surface area is 225 Å². The second kappa shape index (κ2) is 7.27. The van der Waals surface area contributed by atoms with Crippen LogP contribution < -0.4 is 0 Å². The summed E-state index contributed by atoms with van der Waals surface area (Å²) in [5, 5.41) is 22.8. The summed E-state index contributed by atoms with van der Waals surface area (Å²) >= 11 is 0. The van der Waals surface area contributed by atoms with Gasteiger partial charge < -0.3 is 9.84 Å². The lowest BCUT2D eigenvalue weighted by atomic mass is 9.33. The lowest BCUT2D eigenvalue weighted by Crippen LogP contribution is -2.74. The van der Waals surface area contributed by atoms with Gasteiger partial charge in [0.05, 0.1) is 18.1 Å². The van der Waals surface area contributed by atoms with Crippen molar-refractivity contribution in [2.24, 2.45) is 44.3 Å². The molecule has 0 radical (unpaired) electrons. The molecule has 4 saturated carbocycles. The zero-order chi connectivity index (χ0) is 27.7. The van der Waals surface area contributed by atoms with Crippen LogP contribution in [0.3, 0.4) is 0 Å². The Morgan fingerprint density at radius 2 is 1.63 bits per heavy atom. The van der Waals surface area contributed by atoms with Gasteiger partial charge in [-0.25, -0.2) is 0 Å². The Hall–Kier alpha value is -2.26. The van der Waals surface area contributed by atoms with E-state index in [1.54, 1.807) is 6.08 Å². The van der Waals surface area contributed by atoms with Crippen molar-refractivity contribution in [1.82, 2.24) is 0 Å². The highest BCUT2D eigenvalue weighted by Crippen LogP contribution is 2.77. The SMILES string of the molecule is COC(=O)[C@]12CCC3(CC3)C[C@H]1[C@@]1(O)C(=O)C=C3[C@@]4(C)C=C(C#N)C(=O)C(C)(C)[C@@H]4CC[C@@]3(C)[C@]1(C)CC2. The number of aliphatic hydroxyl groups is 1. The molecular formula is C32H41NO5. The number of nitriles is 1. The van der Waals surface area contributed by atoms with Gasteiger partial charge in [-0.1, -0.05) is 40.7 Å². The lowest BCUT2D eigenvalue weighted by molar-refractivity contribution is -0.245. The number of allylic oxidation sites excluding steroid dienone is 3. The number of ketones is 2. The number of hydrogen-bond acceptors (Lipinski definition) is 6. The third-order valence-corrected chi connectivity index (χ3v) is 13.3. The molecule has 0 bridgehead atoms. The summed E-state index contributed by atoms with van der Waals surface area (Å²) in [6.45, 7) is 10.2. The van der Waals surface area contributed by atoms with Gasteiger partial charge in [-0.05, 0) is 86.2 Å². The van der Waals surface area contributed by atoms with E-state index in [0.717, 1.165) is 37.7 Å². The number of carbonyl (C=O) groups is 3. The first-order chi connectivity index (χ1) is 17.6. The molecule has 6 rings (SSSR count). The molecule has 0 aromatic carbocycles. The Morgan fingerprint density at radius 1 is 1.00 bits per heavy atom. The maximum atomic E-state index is 14.5. The predicted molar refractivity (Wildman–Crippen MR) is 140 cm³/mol. The number of rotatable bonds is 1. The summed E-state index contributed by atoms with van der Waals surface area (Å²) in [6.07, 6.45) is 10.6. The van der Waals surface area contributed by atoms with Crippen molar-refractivity contribution in [2.45, 2.75) is 98.0 Å². The third kappa shape index (κ3) is 2.65. The number of nitrogens with zero attached hydrogens (tertiary/aromatic N) is 1. The number of ether oxygens (including phenoxy) is 1. The van der Waals surface area contributed by atoms with Crippen molar-refractivity contribution in [3.8, 4) is 6.07 Å². The fourth-order valence-corrected chi connectivity index (χ4v) is 10.6. The summed E-state index contributed by atoms with van der Waals surface area (Å²) in [5.41, 5.74) is -4.02. The van der Waals surface area contributed by atoms with Gasteiger partial charge in [0, 0.05) is 22.2 Å². The highest BCUT2D eigenvalue weighted by Gasteiger charge is 2.77. The van der Waals surface area contributed by atoms with E-state index in [1.807, 2.05) is 19.9 Å². The Balaban J connectivity index is 1.56. The summed E-state index contributed by atoms with van der Waals surface area (Å²) < 4.78 is 5.36. The van der Waals surface area contributed by atoms with Gasteiger partial charge in [-0.15, -0.1) is 0 Å². The van der Waals surface area contributed by atoms with Gasteiger partial charge in [-0.2, -0.15) is 5.26 Å². The smallest absolute Gasteiger partial charge is 0.312 e. The first-order valence-corrected chi connectivity index (χ1v) is 14.4. The maximum Gasteiger partial charge on any atom is 0.312 e. The van der Waals surface area contributed by atoms with Crippen LogP contribution in [0.5, 0.6) is 0 Å². The molecule has 7 atom stereocenters. The third-order valence-electron chi connectivity index (χ3n) is 13.3. The minimum Gasteiger partial charge on any atom is -0.469 e. The zero-order valence-corrected chi connectivity index (χ0v) is 23.7. The van der Waals surface area contributed by atoms with E-state index in [4.69, 9.17) is 4.74 Å². The van der Waals surface area contributed by atoms with Gasteiger partial charge in [0.1, 0.15) is 11.7 Å². The van der Waals surface area contributed by atoms with Crippen LogP contribution in [0.15, 0.2) is 23.3 Å². The van der Waals surface area contributed by atoms with Crippen LogP contribution in [0.25, 0.3) is 0 Å². The standard InChI is InChI=1S/C32H41NO5/c1-26(2)20-7-8-28(4)21(27(20,3)16-19(18-33)24(26)35)15-23(34)32(37)22-17-30(10-11-30)12-14-31(22,25(36)38-6)13-9-29(28,32)5/h15-16,20,22,37H,7-14,17H2,1-6H3/t20-,22+,27-,28+,29-,31+,32+/m0/s1. The van der Waals surface area contributed by atoms with Gasteiger partial charge in [-0.3, -0.25) is 14.4 Å². The summed E-state index contributed by atoms with van der Waals surface area (Å²) in [6, 6.07) is 2.14. The molecule has 0 aliphatic heterocycles. The molecule has 1 N–H and O–H groups in total.